The van der Waals surface area contributed by atoms with Crippen LogP contribution < -0.4 is 9.62 Å². The average Bonchev–Trinajstić information content (AvgIpc) is 2.99. The van der Waals surface area contributed by atoms with Crippen molar-refractivity contribution < 1.29 is 13.2 Å². The molecule has 2 aromatic rings. The lowest BCUT2D eigenvalue weighted by Gasteiger charge is -2.31. The molecule has 0 saturated heterocycles. The second kappa shape index (κ2) is 8.44. The molecule has 1 aliphatic heterocycles. The molecule has 0 aromatic heterocycles. The van der Waals surface area contributed by atoms with E-state index in [9.17, 15) is 13.2 Å². The maximum Gasteiger partial charge on any atom is 0.270 e. The number of hydrogen-bond acceptors (Lipinski definition) is 3. The predicted octanol–water partition coefficient (Wildman–Crippen LogP) is 4.72. The number of benzene rings is 2. The highest BCUT2D eigenvalue weighted by atomic mass is 35.5. The van der Waals surface area contributed by atoms with Crippen LogP contribution in [0.3, 0.4) is 0 Å². The van der Waals surface area contributed by atoms with Crippen molar-refractivity contribution in [2.24, 2.45) is 0 Å². The first-order valence-corrected chi connectivity index (χ1v) is 12.1. The van der Waals surface area contributed by atoms with Crippen LogP contribution in [-0.2, 0) is 14.8 Å². The van der Waals surface area contributed by atoms with Gasteiger partial charge in [-0.1, -0.05) is 67.6 Å². The Hall–Kier alpha value is -2.31. The number of fused-ring (bicyclic) bond motifs is 1. The second-order valence-corrected chi connectivity index (χ2v) is 10.2. The van der Waals surface area contributed by atoms with Crippen LogP contribution in [0.25, 0.3) is 5.57 Å². The molecule has 158 valence electrons. The smallest absolute Gasteiger partial charge is 0.270 e. The first-order chi connectivity index (χ1) is 14.4. The highest BCUT2D eigenvalue weighted by Crippen LogP contribution is 2.43. The van der Waals surface area contributed by atoms with E-state index < -0.39 is 15.9 Å². The van der Waals surface area contributed by atoms with E-state index in [2.05, 4.69) is 5.32 Å². The first-order valence-electron chi connectivity index (χ1n) is 10.3. The van der Waals surface area contributed by atoms with E-state index in [1.807, 2.05) is 30.3 Å². The van der Waals surface area contributed by atoms with E-state index in [1.165, 1.54) is 11.4 Å². The summed E-state index contributed by atoms with van der Waals surface area (Å²) in [5.41, 5.74) is 2.21. The summed E-state index contributed by atoms with van der Waals surface area (Å²) in [6.07, 6.45) is 6.13. The van der Waals surface area contributed by atoms with Gasteiger partial charge < -0.3 is 5.32 Å². The molecule has 0 unspecified atom stereocenters. The molecule has 0 radical (unpaired) electrons. The molecule has 30 heavy (non-hydrogen) atoms. The normalized spacial score (nSPS) is 19.2. The van der Waals surface area contributed by atoms with Crippen LogP contribution >= 0.6 is 11.6 Å². The van der Waals surface area contributed by atoms with Gasteiger partial charge in [-0.15, -0.1) is 0 Å². The minimum Gasteiger partial charge on any atom is -0.349 e. The number of nitrogens with zero attached hydrogens (tertiary/aromatic N) is 1. The largest absolute Gasteiger partial charge is 0.349 e. The SMILES string of the molecule is CN1c2ccc(Cl)cc2C(c2ccccc2)=C(C(=O)NC2CCCCCC2)S1(=O)=O. The molecule has 0 spiro atoms. The van der Waals surface area contributed by atoms with Crippen LogP contribution in [0.1, 0.15) is 49.7 Å². The average molecular weight is 445 g/mol. The van der Waals surface area contributed by atoms with Crippen molar-refractivity contribution >= 4 is 38.8 Å². The fraction of sp³-hybridized carbons (Fsp3) is 0.348. The van der Waals surface area contributed by atoms with E-state index in [0.717, 1.165) is 38.5 Å². The maximum absolute atomic E-state index is 13.5. The Balaban J connectivity index is 1.90. The molecule has 1 aliphatic carbocycles. The number of sulfonamides is 1. The molecule has 0 atom stereocenters. The number of anilines is 1. The van der Waals surface area contributed by atoms with Crippen molar-refractivity contribution in [3.8, 4) is 0 Å². The van der Waals surface area contributed by atoms with Crippen LogP contribution in [0.15, 0.2) is 53.4 Å². The molecular weight excluding hydrogens is 420 g/mol. The predicted molar refractivity (Wildman–Crippen MR) is 121 cm³/mol. The molecule has 1 N–H and O–H groups in total. The Morgan fingerprint density at radius 1 is 1.03 bits per heavy atom. The van der Waals surface area contributed by atoms with Crippen LogP contribution in [0, 0.1) is 0 Å². The van der Waals surface area contributed by atoms with Crippen LogP contribution in [0.2, 0.25) is 5.02 Å². The summed E-state index contributed by atoms with van der Waals surface area (Å²) in [5.74, 6) is -0.543. The molecule has 1 heterocycles. The van der Waals surface area contributed by atoms with Crippen molar-refractivity contribution in [2.75, 3.05) is 11.4 Å². The third kappa shape index (κ3) is 3.86. The van der Waals surface area contributed by atoms with Crippen LogP contribution in [-0.4, -0.2) is 27.4 Å². The van der Waals surface area contributed by atoms with Gasteiger partial charge >= 0.3 is 0 Å². The summed E-state index contributed by atoms with van der Waals surface area (Å²) in [5, 5.41) is 3.50. The van der Waals surface area contributed by atoms with Gasteiger partial charge in [-0.2, -0.15) is 0 Å². The van der Waals surface area contributed by atoms with Crippen molar-refractivity contribution in [1.29, 1.82) is 0 Å². The van der Waals surface area contributed by atoms with Gasteiger partial charge in [0.1, 0.15) is 0 Å². The van der Waals surface area contributed by atoms with Crippen molar-refractivity contribution in [3.63, 3.8) is 0 Å². The zero-order valence-corrected chi connectivity index (χ0v) is 18.5. The lowest BCUT2D eigenvalue weighted by Crippen LogP contribution is -2.42. The standard InChI is InChI=1S/C23H25ClN2O3S/c1-26-20-14-13-17(24)15-19(20)21(16-9-5-4-6-10-16)22(30(26,28)29)23(27)25-18-11-7-2-3-8-12-18/h4-6,9-10,13-15,18H,2-3,7-8,11-12H2,1H3,(H,25,27). The minimum absolute atomic E-state index is 0.00853. The Kier molecular flexibility index (Phi) is 5.89. The van der Waals surface area contributed by atoms with E-state index >= 15 is 0 Å². The molecule has 4 rings (SSSR count). The van der Waals surface area contributed by atoms with Gasteiger partial charge in [-0.3, -0.25) is 9.10 Å². The Bertz CT molecular complexity index is 1090. The Morgan fingerprint density at radius 3 is 2.37 bits per heavy atom. The molecule has 7 heteroatoms. The number of halogens is 1. The third-order valence-corrected chi connectivity index (χ3v) is 7.93. The molecule has 2 aliphatic rings. The fourth-order valence-corrected chi connectivity index (χ4v) is 5.94. The summed E-state index contributed by atoms with van der Waals surface area (Å²) in [6, 6.07) is 14.2. The van der Waals surface area contributed by atoms with E-state index in [4.69, 9.17) is 11.6 Å². The van der Waals surface area contributed by atoms with Crippen LogP contribution in [0.5, 0.6) is 0 Å². The van der Waals surface area contributed by atoms with Crippen molar-refractivity contribution in [2.45, 2.75) is 44.6 Å². The maximum atomic E-state index is 13.5. The van der Waals surface area contributed by atoms with E-state index in [0.29, 0.717) is 27.4 Å². The summed E-state index contributed by atoms with van der Waals surface area (Å²) in [4.78, 5) is 13.2. The number of carbonyl (C=O) groups is 1. The lowest BCUT2D eigenvalue weighted by atomic mass is 9.95. The number of amides is 1. The van der Waals surface area contributed by atoms with E-state index in [1.54, 1.807) is 18.2 Å². The number of nitrogens with one attached hydrogen (secondary N) is 1. The van der Waals surface area contributed by atoms with Gasteiger partial charge in [0.2, 0.25) is 0 Å². The third-order valence-electron chi connectivity index (χ3n) is 5.87. The highest BCUT2D eigenvalue weighted by molar-refractivity contribution is 7.97. The molecule has 1 saturated carbocycles. The van der Waals surface area contributed by atoms with Crippen molar-refractivity contribution in [1.82, 2.24) is 5.32 Å². The monoisotopic (exact) mass is 444 g/mol. The minimum atomic E-state index is -4.03. The highest BCUT2D eigenvalue weighted by Gasteiger charge is 2.40. The van der Waals surface area contributed by atoms with E-state index in [-0.39, 0.29) is 10.9 Å². The zero-order chi connectivity index (χ0) is 21.3. The lowest BCUT2D eigenvalue weighted by molar-refractivity contribution is -0.117. The van der Waals surface area contributed by atoms with Gasteiger partial charge in [0.05, 0.1) is 5.69 Å². The molecular formula is C23H25ClN2O3S. The topological polar surface area (TPSA) is 66.5 Å². The van der Waals surface area contributed by atoms with Crippen molar-refractivity contribution in [3.05, 3.63) is 69.6 Å². The molecule has 1 fully saturated rings. The number of carbonyl (C=O) groups excluding carboxylic acids is 1. The number of rotatable bonds is 3. The number of hydrogen-bond donors (Lipinski definition) is 1. The summed E-state index contributed by atoms with van der Waals surface area (Å²) < 4.78 is 28.1. The molecule has 1 amide bonds. The first kappa shape index (κ1) is 20.9. The Labute approximate surface area is 182 Å². The van der Waals surface area contributed by atoms with Gasteiger partial charge in [0.25, 0.3) is 15.9 Å². The van der Waals surface area contributed by atoms with Gasteiger partial charge in [-0.25, -0.2) is 8.42 Å². The van der Waals surface area contributed by atoms with Gasteiger partial charge in [0.15, 0.2) is 4.91 Å². The Morgan fingerprint density at radius 2 is 1.70 bits per heavy atom. The second-order valence-electron chi connectivity index (χ2n) is 7.87. The zero-order valence-electron chi connectivity index (χ0n) is 16.9. The van der Waals surface area contributed by atoms with Crippen LogP contribution in [0.4, 0.5) is 5.69 Å². The summed E-state index contributed by atoms with van der Waals surface area (Å²) in [7, 11) is -2.55. The summed E-state index contributed by atoms with van der Waals surface area (Å²) in [6.45, 7) is 0. The summed E-state index contributed by atoms with van der Waals surface area (Å²) >= 11 is 6.26. The quantitative estimate of drug-likeness (QED) is 0.696. The molecule has 5 nitrogen and oxygen atoms in total. The fourth-order valence-electron chi connectivity index (χ4n) is 4.30. The molecule has 0 bridgehead atoms. The molecule has 2 aromatic carbocycles. The van der Waals surface area contributed by atoms with Gasteiger partial charge in [-0.05, 0) is 36.6 Å². The van der Waals surface area contributed by atoms with Gasteiger partial charge in [0, 0.05) is 29.2 Å².